The molecule has 0 amide bonds. The number of hydrogen-bond donors (Lipinski definition) is 0. The summed E-state index contributed by atoms with van der Waals surface area (Å²) in [5, 5.41) is 18.5. The fraction of sp³-hybridized carbons (Fsp3) is 0.407. The van der Waals surface area contributed by atoms with Gasteiger partial charge in [0.15, 0.2) is 0 Å². The fourth-order valence-electron chi connectivity index (χ4n) is 4.83. The standard InChI is InChI=1S/C27H32N4O2S/c1-18(2)20-9-11-22(12-10-20)28-26-30(29-23-13-19(3)15-27(4,5)16-23)25(17-34-26)21-7-6-8-24(14-21)31(32)33/h6-12,14,17-19H,13,15-16H2,1-5H3. The van der Waals surface area contributed by atoms with Crippen LogP contribution in [-0.4, -0.2) is 15.3 Å². The molecule has 0 aliphatic heterocycles. The summed E-state index contributed by atoms with van der Waals surface area (Å²) in [5.74, 6) is 1.02. The second kappa shape index (κ2) is 9.66. The van der Waals surface area contributed by atoms with E-state index in [9.17, 15) is 10.1 Å². The number of nitrogens with zero attached hydrogens (tertiary/aromatic N) is 4. The predicted octanol–water partition coefficient (Wildman–Crippen LogP) is 7.53. The van der Waals surface area contributed by atoms with E-state index in [2.05, 4.69) is 46.8 Å². The van der Waals surface area contributed by atoms with E-state index in [4.69, 9.17) is 10.1 Å². The highest BCUT2D eigenvalue weighted by Crippen LogP contribution is 2.37. The van der Waals surface area contributed by atoms with Crippen LogP contribution in [0.5, 0.6) is 0 Å². The van der Waals surface area contributed by atoms with Gasteiger partial charge in [-0.15, -0.1) is 11.3 Å². The minimum atomic E-state index is -0.362. The maximum absolute atomic E-state index is 11.4. The zero-order chi connectivity index (χ0) is 24.5. The first-order valence-corrected chi connectivity index (χ1v) is 12.7. The van der Waals surface area contributed by atoms with Crippen molar-refractivity contribution in [2.45, 2.75) is 59.8 Å². The van der Waals surface area contributed by atoms with Crippen LogP contribution in [0.4, 0.5) is 11.4 Å². The predicted molar refractivity (Wildman–Crippen MR) is 140 cm³/mol. The smallest absolute Gasteiger partial charge is 0.258 e. The van der Waals surface area contributed by atoms with Crippen LogP contribution in [0, 0.1) is 21.4 Å². The monoisotopic (exact) mass is 476 g/mol. The summed E-state index contributed by atoms with van der Waals surface area (Å²) in [7, 11) is 0. The summed E-state index contributed by atoms with van der Waals surface area (Å²) in [6.07, 6.45) is 3.05. The molecular weight excluding hydrogens is 444 g/mol. The lowest BCUT2D eigenvalue weighted by molar-refractivity contribution is -0.384. The third-order valence-corrected chi connectivity index (χ3v) is 7.05. The van der Waals surface area contributed by atoms with E-state index in [0.29, 0.717) is 11.8 Å². The van der Waals surface area contributed by atoms with Gasteiger partial charge < -0.3 is 0 Å². The lowest BCUT2D eigenvalue weighted by Gasteiger charge is -2.34. The second-order valence-corrected chi connectivity index (χ2v) is 11.2. The molecule has 0 bridgehead atoms. The Morgan fingerprint density at radius 1 is 1.18 bits per heavy atom. The molecule has 34 heavy (non-hydrogen) atoms. The summed E-state index contributed by atoms with van der Waals surface area (Å²) in [5.41, 5.74) is 5.12. The first-order valence-electron chi connectivity index (χ1n) is 11.8. The highest BCUT2D eigenvalue weighted by molar-refractivity contribution is 7.07. The Balaban J connectivity index is 1.85. The van der Waals surface area contributed by atoms with Gasteiger partial charge in [-0.25, -0.2) is 9.67 Å². The van der Waals surface area contributed by atoms with Gasteiger partial charge in [0.2, 0.25) is 4.80 Å². The molecule has 1 saturated carbocycles. The molecule has 3 aromatic rings. The van der Waals surface area contributed by atoms with E-state index in [-0.39, 0.29) is 16.0 Å². The molecule has 1 unspecified atom stereocenters. The van der Waals surface area contributed by atoms with Crippen LogP contribution in [0.2, 0.25) is 0 Å². The summed E-state index contributed by atoms with van der Waals surface area (Å²) in [6, 6.07) is 15.0. The SMILES string of the molecule is CC1CC(=Nn2c(-c3cccc([N+](=O)[O-])c3)csc2=Nc2ccc(C(C)C)cc2)CC(C)(C)C1. The van der Waals surface area contributed by atoms with Crippen molar-refractivity contribution >= 4 is 28.4 Å². The van der Waals surface area contributed by atoms with Crippen molar-refractivity contribution in [2.75, 3.05) is 0 Å². The normalized spacial score (nSPS) is 19.6. The summed E-state index contributed by atoms with van der Waals surface area (Å²) >= 11 is 1.50. The largest absolute Gasteiger partial charge is 0.270 e. The lowest BCUT2D eigenvalue weighted by atomic mass is 9.72. The fourth-order valence-corrected chi connectivity index (χ4v) is 5.68. The Kier molecular flexibility index (Phi) is 6.84. The van der Waals surface area contributed by atoms with Crippen molar-refractivity contribution in [3.63, 3.8) is 0 Å². The third-order valence-electron chi connectivity index (χ3n) is 6.23. The van der Waals surface area contributed by atoms with Crippen molar-refractivity contribution in [3.8, 4) is 11.3 Å². The number of nitro groups is 1. The Bertz CT molecular complexity index is 1280. The van der Waals surface area contributed by atoms with Crippen LogP contribution in [0.3, 0.4) is 0 Å². The average Bonchev–Trinajstić information content (AvgIpc) is 3.14. The molecule has 4 rings (SSSR count). The molecule has 1 heterocycles. The van der Waals surface area contributed by atoms with E-state index in [0.717, 1.165) is 40.3 Å². The third kappa shape index (κ3) is 5.53. The van der Waals surface area contributed by atoms with Crippen molar-refractivity contribution < 1.29 is 4.92 Å². The topological polar surface area (TPSA) is 72.8 Å². The quantitative estimate of drug-likeness (QED) is 0.282. The zero-order valence-electron chi connectivity index (χ0n) is 20.5. The maximum atomic E-state index is 11.4. The van der Waals surface area contributed by atoms with Crippen LogP contribution in [0.25, 0.3) is 11.3 Å². The molecule has 178 valence electrons. The van der Waals surface area contributed by atoms with Gasteiger partial charge in [0, 0.05) is 28.8 Å². The van der Waals surface area contributed by atoms with Crippen molar-refractivity contribution in [3.05, 3.63) is 74.4 Å². The molecule has 0 N–H and O–H groups in total. The van der Waals surface area contributed by atoms with E-state index in [1.54, 1.807) is 12.1 Å². The Hall–Kier alpha value is -3.06. The zero-order valence-corrected chi connectivity index (χ0v) is 21.3. The average molecular weight is 477 g/mol. The Morgan fingerprint density at radius 2 is 1.91 bits per heavy atom. The van der Waals surface area contributed by atoms with Gasteiger partial charge in [-0.1, -0.05) is 58.9 Å². The molecule has 0 saturated heterocycles. The highest BCUT2D eigenvalue weighted by atomic mass is 32.1. The highest BCUT2D eigenvalue weighted by Gasteiger charge is 2.30. The van der Waals surface area contributed by atoms with E-state index in [1.807, 2.05) is 28.3 Å². The minimum Gasteiger partial charge on any atom is -0.258 e. The van der Waals surface area contributed by atoms with Crippen molar-refractivity contribution in [1.82, 2.24) is 4.68 Å². The van der Waals surface area contributed by atoms with Gasteiger partial charge in [-0.05, 0) is 54.2 Å². The van der Waals surface area contributed by atoms with Crippen LogP contribution in [0.1, 0.15) is 65.4 Å². The first kappa shape index (κ1) is 24.1. The van der Waals surface area contributed by atoms with Gasteiger partial charge in [0.1, 0.15) is 0 Å². The van der Waals surface area contributed by atoms with E-state index in [1.165, 1.54) is 29.4 Å². The van der Waals surface area contributed by atoms with Crippen molar-refractivity contribution in [1.29, 1.82) is 0 Å². The number of aromatic nitrogens is 1. The van der Waals surface area contributed by atoms with E-state index < -0.39 is 0 Å². The Morgan fingerprint density at radius 3 is 2.56 bits per heavy atom. The van der Waals surface area contributed by atoms with Gasteiger partial charge in [0.25, 0.3) is 5.69 Å². The second-order valence-electron chi connectivity index (χ2n) is 10.4. The molecule has 0 radical (unpaired) electrons. The molecule has 7 heteroatoms. The maximum Gasteiger partial charge on any atom is 0.270 e. The number of benzene rings is 2. The molecule has 1 fully saturated rings. The van der Waals surface area contributed by atoms with E-state index >= 15 is 0 Å². The molecule has 1 aliphatic rings. The van der Waals surface area contributed by atoms with Crippen molar-refractivity contribution in [2.24, 2.45) is 21.4 Å². The number of non-ortho nitro benzene ring substituents is 1. The molecule has 0 spiro atoms. The molecule has 2 aromatic carbocycles. The summed E-state index contributed by atoms with van der Waals surface area (Å²) < 4.78 is 1.88. The number of rotatable bonds is 5. The minimum absolute atomic E-state index is 0.0677. The molecule has 1 atom stereocenters. The number of thiazole rings is 1. The van der Waals surface area contributed by atoms with Crippen LogP contribution in [0.15, 0.2) is 64.0 Å². The molecule has 6 nitrogen and oxygen atoms in total. The van der Waals surface area contributed by atoms with Gasteiger partial charge in [0.05, 0.1) is 16.3 Å². The molecule has 1 aromatic heterocycles. The van der Waals surface area contributed by atoms with Crippen LogP contribution in [-0.2, 0) is 0 Å². The molecule has 1 aliphatic carbocycles. The lowest BCUT2D eigenvalue weighted by Crippen LogP contribution is -2.29. The number of hydrogen-bond acceptors (Lipinski definition) is 5. The van der Waals surface area contributed by atoms with Crippen LogP contribution < -0.4 is 4.80 Å². The summed E-state index contributed by atoms with van der Waals surface area (Å²) in [6.45, 7) is 11.2. The molecular formula is C27H32N4O2S. The van der Waals surface area contributed by atoms with Gasteiger partial charge in [-0.2, -0.15) is 5.10 Å². The van der Waals surface area contributed by atoms with Gasteiger partial charge >= 0.3 is 0 Å². The Labute approximate surface area is 204 Å². The van der Waals surface area contributed by atoms with Crippen LogP contribution >= 0.6 is 11.3 Å². The first-order chi connectivity index (χ1) is 16.1. The van der Waals surface area contributed by atoms with Gasteiger partial charge in [-0.3, -0.25) is 10.1 Å². The number of nitro benzene ring substituents is 1. The summed E-state index contributed by atoms with van der Waals surface area (Å²) in [4.78, 5) is 16.7.